The highest BCUT2D eigenvalue weighted by Gasteiger charge is 2.27. The molecule has 12 nitrogen and oxygen atoms in total. The minimum atomic E-state index is -1.65. The average molecular weight is 476 g/mol. The molecular formula is C22H29N5O7. The molecule has 3 unspecified atom stereocenters. The van der Waals surface area contributed by atoms with Crippen molar-refractivity contribution in [1.82, 2.24) is 20.9 Å². The number of nitrogens with two attached hydrogens (primary N) is 1. The number of fused-ring (bicyclic) bond motifs is 1. The number of nitrogens with one attached hydrogen (secondary N) is 4. The largest absolute Gasteiger partial charge is 0.481 e. The van der Waals surface area contributed by atoms with E-state index >= 15 is 0 Å². The first-order chi connectivity index (χ1) is 16.0. The van der Waals surface area contributed by atoms with E-state index in [0.29, 0.717) is 0 Å². The minimum Gasteiger partial charge on any atom is -0.481 e. The molecule has 184 valence electrons. The Bertz CT molecular complexity index is 1060. The lowest BCUT2D eigenvalue weighted by molar-refractivity contribution is -0.147. The van der Waals surface area contributed by atoms with Crippen molar-refractivity contribution in [2.45, 2.75) is 44.8 Å². The van der Waals surface area contributed by atoms with Gasteiger partial charge in [0.2, 0.25) is 17.7 Å². The second kappa shape index (κ2) is 11.8. The summed E-state index contributed by atoms with van der Waals surface area (Å²) in [4.78, 5) is 62.4. The zero-order valence-corrected chi connectivity index (χ0v) is 18.8. The Hall–Kier alpha value is -3.93. The second-order valence-corrected chi connectivity index (χ2v) is 8.17. The maximum absolute atomic E-state index is 12.9. The van der Waals surface area contributed by atoms with E-state index in [0.717, 1.165) is 16.5 Å². The summed E-state index contributed by atoms with van der Waals surface area (Å²) in [5, 5.41) is 25.7. The van der Waals surface area contributed by atoms with Gasteiger partial charge in [-0.2, -0.15) is 0 Å². The number of carbonyl (C=O) groups excluding carboxylic acids is 3. The number of aliphatic carboxylic acids is 2. The van der Waals surface area contributed by atoms with E-state index in [1.165, 1.54) is 0 Å². The Morgan fingerprint density at radius 1 is 1.00 bits per heavy atom. The molecule has 3 atom stereocenters. The molecule has 0 fully saturated rings. The van der Waals surface area contributed by atoms with E-state index in [2.05, 4.69) is 15.6 Å². The molecular weight excluding hydrogens is 446 g/mol. The number of hydrogen-bond acceptors (Lipinski definition) is 6. The van der Waals surface area contributed by atoms with Gasteiger partial charge in [0.1, 0.15) is 12.1 Å². The van der Waals surface area contributed by atoms with Gasteiger partial charge in [0.05, 0.1) is 19.0 Å². The van der Waals surface area contributed by atoms with Crippen molar-refractivity contribution in [3.63, 3.8) is 0 Å². The number of H-pyrrole nitrogens is 1. The molecule has 8 N–H and O–H groups in total. The Morgan fingerprint density at radius 3 is 2.29 bits per heavy atom. The lowest BCUT2D eigenvalue weighted by Gasteiger charge is -2.22. The fourth-order valence-corrected chi connectivity index (χ4v) is 3.21. The van der Waals surface area contributed by atoms with Crippen molar-refractivity contribution in [1.29, 1.82) is 0 Å². The third-order valence-electron chi connectivity index (χ3n) is 5.19. The maximum atomic E-state index is 12.9. The molecule has 0 spiro atoms. The zero-order chi connectivity index (χ0) is 25.4. The molecule has 0 saturated carbocycles. The summed E-state index contributed by atoms with van der Waals surface area (Å²) in [5.74, 6) is -5.21. The van der Waals surface area contributed by atoms with Gasteiger partial charge in [0, 0.05) is 23.5 Å². The predicted octanol–water partition coefficient (Wildman–Crippen LogP) is -0.661. The Labute approximate surface area is 195 Å². The Kier molecular flexibility index (Phi) is 9.13. The Balaban J connectivity index is 2.12. The van der Waals surface area contributed by atoms with Crippen molar-refractivity contribution in [2.24, 2.45) is 11.7 Å². The molecule has 3 amide bonds. The fraction of sp³-hybridized carbons (Fsp3) is 0.409. The van der Waals surface area contributed by atoms with E-state index in [-0.39, 0.29) is 12.3 Å². The van der Waals surface area contributed by atoms with Crippen molar-refractivity contribution < 1.29 is 34.2 Å². The van der Waals surface area contributed by atoms with Crippen LogP contribution in [-0.4, -0.2) is 69.5 Å². The monoisotopic (exact) mass is 475 g/mol. The third-order valence-corrected chi connectivity index (χ3v) is 5.19. The molecule has 0 aliphatic carbocycles. The normalized spacial score (nSPS) is 13.6. The summed E-state index contributed by atoms with van der Waals surface area (Å²) in [6.45, 7) is 2.91. The summed E-state index contributed by atoms with van der Waals surface area (Å²) >= 11 is 0. The van der Waals surface area contributed by atoms with Crippen LogP contribution >= 0.6 is 0 Å². The van der Waals surface area contributed by atoms with Gasteiger partial charge in [-0.25, -0.2) is 4.79 Å². The molecule has 12 heteroatoms. The van der Waals surface area contributed by atoms with E-state index < -0.39 is 60.8 Å². The maximum Gasteiger partial charge on any atom is 0.326 e. The van der Waals surface area contributed by atoms with Crippen LogP contribution in [0.4, 0.5) is 0 Å². The lowest BCUT2D eigenvalue weighted by Crippen LogP contribution is -2.55. The molecule has 1 aromatic heterocycles. The molecule has 0 radical (unpaired) electrons. The molecule has 0 bridgehead atoms. The SMILES string of the molecule is CC(C)C(N)C(=O)NC(Cc1c[nH]c2ccccc12)C(=O)NCC(=O)NC(CC(=O)O)C(=O)O. The molecule has 0 aliphatic rings. The van der Waals surface area contributed by atoms with Crippen molar-refractivity contribution in [3.05, 3.63) is 36.0 Å². The number of aromatic nitrogens is 1. The van der Waals surface area contributed by atoms with Gasteiger partial charge in [-0.1, -0.05) is 32.0 Å². The number of amides is 3. The number of rotatable bonds is 12. The smallest absolute Gasteiger partial charge is 0.326 e. The first-order valence-corrected chi connectivity index (χ1v) is 10.6. The summed E-state index contributed by atoms with van der Waals surface area (Å²) in [5.41, 5.74) is 7.50. The molecule has 34 heavy (non-hydrogen) atoms. The van der Waals surface area contributed by atoms with Crippen molar-refractivity contribution >= 4 is 40.6 Å². The molecule has 0 saturated heterocycles. The van der Waals surface area contributed by atoms with Gasteiger partial charge < -0.3 is 36.9 Å². The standard InChI is InChI=1S/C22H29N5O7/c1-11(2)19(23)21(32)27-15(7-12-9-24-14-6-4-3-5-13(12)14)20(31)25-10-17(28)26-16(22(33)34)8-18(29)30/h3-6,9,11,15-16,19,24H,7-8,10,23H2,1-2H3,(H,25,31)(H,26,28)(H,27,32)(H,29,30)(H,33,34). The van der Waals surface area contributed by atoms with Crippen LogP contribution < -0.4 is 21.7 Å². The summed E-state index contributed by atoms with van der Waals surface area (Å²) in [7, 11) is 0. The summed E-state index contributed by atoms with van der Waals surface area (Å²) in [6, 6.07) is 3.84. The summed E-state index contributed by atoms with van der Waals surface area (Å²) in [6.07, 6.45) is 1.00. The fourth-order valence-electron chi connectivity index (χ4n) is 3.21. The highest BCUT2D eigenvalue weighted by atomic mass is 16.4. The van der Waals surface area contributed by atoms with E-state index in [1.807, 2.05) is 29.6 Å². The van der Waals surface area contributed by atoms with Crippen molar-refractivity contribution in [2.75, 3.05) is 6.54 Å². The van der Waals surface area contributed by atoms with Gasteiger partial charge in [-0.3, -0.25) is 19.2 Å². The topological polar surface area (TPSA) is 204 Å². The highest BCUT2D eigenvalue weighted by Crippen LogP contribution is 2.19. The first-order valence-electron chi connectivity index (χ1n) is 10.6. The molecule has 1 aromatic carbocycles. The Morgan fingerprint density at radius 2 is 1.68 bits per heavy atom. The number of para-hydroxylation sites is 1. The van der Waals surface area contributed by atoms with Crippen LogP contribution in [0.25, 0.3) is 10.9 Å². The number of hydrogen-bond donors (Lipinski definition) is 7. The molecule has 1 heterocycles. The van der Waals surface area contributed by atoms with Gasteiger partial charge in [0.25, 0.3) is 0 Å². The molecule has 2 rings (SSSR count). The van der Waals surface area contributed by atoms with E-state index in [4.69, 9.17) is 15.9 Å². The quantitative estimate of drug-likeness (QED) is 0.209. The van der Waals surface area contributed by atoms with Gasteiger partial charge in [-0.15, -0.1) is 0 Å². The van der Waals surface area contributed by atoms with Crippen LogP contribution in [-0.2, 0) is 30.4 Å². The lowest BCUT2D eigenvalue weighted by atomic mass is 10.0. The van der Waals surface area contributed by atoms with Gasteiger partial charge in [0.15, 0.2) is 0 Å². The number of aromatic amines is 1. The minimum absolute atomic E-state index is 0.102. The van der Waals surface area contributed by atoms with Crippen LogP contribution in [0.1, 0.15) is 25.8 Å². The van der Waals surface area contributed by atoms with Gasteiger partial charge >= 0.3 is 11.9 Å². The summed E-state index contributed by atoms with van der Waals surface area (Å²) < 4.78 is 0. The second-order valence-electron chi connectivity index (χ2n) is 8.17. The molecule has 0 aliphatic heterocycles. The van der Waals surface area contributed by atoms with Gasteiger partial charge in [-0.05, 0) is 17.5 Å². The number of carboxylic acids is 2. The number of carbonyl (C=O) groups is 5. The number of benzene rings is 1. The molecule has 2 aromatic rings. The predicted molar refractivity (Wildman–Crippen MR) is 122 cm³/mol. The average Bonchev–Trinajstić information content (AvgIpc) is 3.18. The van der Waals surface area contributed by atoms with Crippen LogP contribution in [0.5, 0.6) is 0 Å². The number of carboxylic acid groups (broad SMARTS) is 2. The van der Waals surface area contributed by atoms with Crippen LogP contribution in [0, 0.1) is 5.92 Å². The van der Waals surface area contributed by atoms with E-state index in [1.54, 1.807) is 20.0 Å². The zero-order valence-electron chi connectivity index (χ0n) is 18.8. The van der Waals surface area contributed by atoms with Crippen LogP contribution in [0.3, 0.4) is 0 Å². The van der Waals surface area contributed by atoms with Crippen molar-refractivity contribution in [3.8, 4) is 0 Å². The van der Waals surface area contributed by atoms with Crippen LogP contribution in [0.15, 0.2) is 30.5 Å². The van der Waals surface area contributed by atoms with E-state index in [9.17, 15) is 24.0 Å². The third kappa shape index (κ3) is 7.30. The first kappa shape index (κ1) is 26.3. The highest BCUT2D eigenvalue weighted by molar-refractivity contribution is 5.94. The van der Waals surface area contributed by atoms with Crippen LogP contribution in [0.2, 0.25) is 0 Å².